The molecule has 1 aliphatic heterocycles. The summed E-state index contributed by atoms with van der Waals surface area (Å²) in [5.41, 5.74) is 1.30. The first-order valence-electron chi connectivity index (χ1n) is 5.18. The Morgan fingerprint density at radius 2 is 2.12 bits per heavy atom. The SMILES string of the molecule is CCCOc1ccc2c(c1)C(=C(Br)Br)OC2=O. The second-order valence-electron chi connectivity index (χ2n) is 3.53. The summed E-state index contributed by atoms with van der Waals surface area (Å²) >= 11 is 6.51. The van der Waals surface area contributed by atoms with Gasteiger partial charge in [0.15, 0.2) is 5.76 Å². The smallest absolute Gasteiger partial charge is 0.344 e. The molecule has 0 aliphatic carbocycles. The predicted molar refractivity (Wildman–Crippen MR) is 72.4 cm³/mol. The highest BCUT2D eigenvalue weighted by atomic mass is 79.9. The molecule has 0 saturated carbocycles. The lowest BCUT2D eigenvalue weighted by Crippen LogP contribution is -1.97. The van der Waals surface area contributed by atoms with Gasteiger partial charge in [0.25, 0.3) is 0 Å². The Kier molecular flexibility index (Phi) is 3.89. The molecule has 1 heterocycles. The first-order chi connectivity index (χ1) is 8.13. The third kappa shape index (κ3) is 2.55. The molecule has 0 radical (unpaired) electrons. The highest BCUT2D eigenvalue weighted by Gasteiger charge is 2.28. The van der Waals surface area contributed by atoms with Gasteiger partial charge in [-0.3, -0.25) is 0 Å². The van der Waals surface area contributed by atoms with E-state index in [2.05, 4.69) is 31.9 Å². The number of benzene rings is 1. The van der Waals surface area contributed by atoms with Crippen LogP contribution in [0, 0.1) is 0 Å². The fraction of sp³-hybridized carbons (Fsp3) is 0.250. The minimum absolute atomic E-state index is 0.339. The van der Waals surface area contributed by atoms with Crippen LogP contribution in [-0.2, 0) is 4.74 Å². The van der Waals surface area contributed by atoms with Crippen molar-refractivity contribution in [1.29, 1.82) is 0 Å². The van der Waals surface area contributed by atoms with Crippen molar-refractivity contribution in [3.05, 3.63) is 32.7 Å². The summed E-state index contributed by atoms with van der Waals surface area (Å²) < 4.78 is 11.3. The van der Waals surface area contributed by atoms with Crippen molar-refractivity contribution in [2.75, 3.05) is 6.61 Å². The van der Waals surface area contributed by atoms with Gasteiger partial charge in [-0.2, -0.15) is 0 Å². The van der Waals surface area contributed by atoms with E-state index >= 15 is 0 Å². The summed E-state index contributed by atoms with van der Waals surface area (Å²) in [6.45, 7) is 2.70. The molecular weight excluding hydrogens is 352 g/mol. The van der Waals surface area contributed by atoms with E-state index in [0.717, 1.165) is 17.7 Å². The maximum Gasteiger partial charge on any atom is 0.344 e. The van der Waals surface area contributed by atoms with Gasteiger partial charge in [-0.05, 0) is 56.5 Å². The Bertz CT molecular complexity index is 491. The van der Waals surface area contributed by atoms with Gasteiger partial charge in [0, 0.05) is 5.56 Å². The van der Waals surface area contributed by atoms with Crippen LogP contribution < -0.4 is 4.74 Å². The van der Waals surface area contributed by atoms with Gasteiger partial charge in [0.2, 0.25) is 0 Å². The topological polar surface area (TPSA) is 35.5 Å². The lowest BCUT2D eigenvalue weighted by molar-refractivity contribution is 0.0716. The first-order valence-corrected chi connectivity index (χ1v) is 6.76. The van der Waals surface area contributed by atoms with Crippen molar-refractivity contribution in [1.82, 2.24) is 0 Å². The standard InChI is InChI=1S/C12H10Br2O3/c1-2-5-16-7-3-4-8-9(6-7)10(11(13)14)17-12(8)15/h3-4,6H,2,5H2,1H3. The number of fused-ring (bicyclic) bond motifs is 1. The van der Waals surface area contributed by atoms with Gasteiger partial charge < -0.3 is 9.47 Å². The molecule has 0 aromatic heterocycles. The van der Waals surface area contributed by atoms with Gasteiger partial charge in [0.05, 0.1) is 12.2 Å². The molecular formula is C12H10Br2O3. The molecule has 0 spiro atoms. The van der Waals surface area contributed by atoms with E-state index in [0.29, 0.717) is 21.3 Å². The Hall–Kier alpha value is -0.810. The summed E-state index contributed by atoms with van der Waals surface area (Å²) in [5, 5.41) is 0. The molecule has 90 valence electrons. The van der Waals surface area contributed by atoms with Crippen LogP contribution in [-0.4, -0.2) is 12.6 Å². The number of hydrogen-bond acceptors (Lipinski definition) is 3. The fourth-order valence-electron chi connectivity index (χ4n) is 1.54. The van der Waals surface area contributed by atoms with Crippen molar-refractivity contribution in [3.8, 4) is 5.75 Å². The highest BCUT2D eigenvalue weighted by Crippen LogP contribution is 2.38. The molecule has 0 unspecified atom stereocenters. The normalized spacial score (nSPS) is 13.4. The average molecular weight is 362 g/mol. The summed E-state index contributed by atoms with van der Waals surface area (Å²) in [6, 6.07) is 5.31. The summed E-state index contributed by atoms with van der Waals surface area (Å²) in [7, 11) is 0. The van der Waals surface area contributed by atoms with Gasteiger partial charge in [-0.1, -0.05) is 6.92 Å². The van der Waals surface area contributed by atoms with Crippen LogP contribution in [0.4, 0.5) is 0 Å². The first kappa shape index (κ1) is 12.6. The Morgan fingerprint density at radius 1 is 1.35 bits per heavy atom. The van der Waals surface area contributed by atoms with E-state index in [-0.39, 0.29) is 5.97 Å². The quantitative estimate of drug-likeness (QED) is 0.761. The van der Waals surface area contributed by atoms with Crippen LogP contribution in [0.3, 0.4) is 0 Å². The largest absolute Gasteiger partial charge is 0.494 e. The summed E-state index contributed by atoms with van der Waals surface area (Å²) in [6.07, 6.45) is 0.942. The average Bonchev–Trinajstić information content (AvgIpc) is 2.64. The zero-order valence-corrected chi connectivity index (χ0v) is 12.3. The monoisotopic (exact) mass is 360 g/mol. The van der Waals surface area contributed by atoms with E-state index in [4.69, 9.17) is 9.47 Å². The number of ether oxygens (including phenoxy) is 2. The molecule has 0 saturated heterocycles. The number of carbonyl (C=O) groups excluding carboxylic acids is 1. The van der Waals surface area contributed by atoms with Crippen molar-refractivity contribution in [2.45, 2.75) is 13.3 Å². The van der Waals surface area contributed by atoms with E-state index in [1.807, 2.05) is 13.0 Å². The molecule has 17 heavy (non-hydrogen) atoms. The number of rotatable bonds is 3. The Morgan fingerprint density at radius 3 is 2.76 bits per heavy atom. The van der Waals surface area contributed by atoms with Gasteiger partial charge >= 0.3 is 5.97 Å². The maximum atomic E-state index is 11.6. The molecule has 0 N–H and O–H groups in total. The minimum Gasteiger partial charge on any atom is -0.494 e. The van der Waals surface area contributed by atoms with E-state index in [1.54, 1.807) is 12.1 Å². The van der Waals surface area contributed by atoms with Crippen molar-refractivity contribution in [2.24, 2.45) is 0 Å². The highest BCUT2D eigenvalue weighted by molar-refractivity contribution is 9.28. The van der Waals surface area contributed by atoms with Crippen molar-refractivity contribution >= 4 is 43.6 Å². The Labute approximate surface area is 116 Å². The van der Waals surface area contributed by atoms with E-state index in [9.17, 15) is 4.79 Å². The van der Waals surface area contributed by atoms with E-state index in [1.165, 1.54) is 0 Å². The minimum atomic E-state index is -0.339. The molecule has 0 amide bonds. The van der Waals surface area contributed by atoms with Crippen molar-refractivity contribution < 1.29 is 14.3 Å². The molecule has 0 bridgehead atoms. The van der Waals surface area contributed by atoms with Gasteiger partial charge in [-0.25, -0.2) is 4.79 Å². The van der Waals surface area contributed by atoms with Gasteiger partial charge in [-0.15, -0.1) is 0 Å². The molecule has 5 heteroatoms. The van der Waals surface area contributed by atoms with Gasteiger partial charge in [0.1, 0.15) is 9.14 Å². The van der Waals surface area contributed by atoms with Crippen LogP contribution in [0.25, 0.3) is 5.76 Å². The summed E-state index contributed by atoms with van der Waals surface area (Å²) in [5.74, 6) is 0.892. The Balaban J connectivity index is 2.40. The molecule has 0 atom stereocenters. The second kappa shape index (κ2) is 5.23. The fourth-order valence-corrected chi connectivity index (χ4v) is 2.13. The van der Waals surface area contributed by atoms with Crippen molar-refractivity contribution in [3.63, 3.8) is 0 Å². The second-order valence-corrected chi connectivity index (χ2v) is 6.19. The number of cyclic esters (lactones) is 1. The number of halogens is 2. The molecule has 1 aliphatic rings. The zero-order chi connectivity index (χ0) is 12.4. The van der Waals surface area contributed by atoms with Crippen LogP contribution in [0.1, 0.15) is 29.3 Å². The lowest BCUT2D eigenvalue weighted by Gasteiger charge is -2.05. The zero-order valence-electron chi connectivity index (χ0n) is 9.13. The molecule has 3 nitrogen and oxygen atoms in total. The number of esters is 1. The molecule has 1 aromatic carbocycles. The predicted octanol–water partition coefficient (Wildman–Crippen LogP) is 4.06. The molecule has 2 rings (SSSR count). The van der Waals surface area contributed by atoms with Crippen LogP contribution >= 0.6 is 31.9 Å². The van der Waals surface area contributed by atoms with Crippen LogP contribution in [0.5, 0.6) is 5.75 Å². The van der Waals surface area contributed by atoms with E-state index < -0.39 is 0 Å². The maximum absolute atomic E-state index is 11.6. The number of carbonyl (C=O) groups is 1. The van der Waals surface area contributed by atoms with Crippen LogP contribution in [0.15, 0.2) is 21.6 Å². The molecule has 1 aromatic rings. The van der Waals surface area contributed by atoms with Crippen LogP contribution in [0.2, 0.25) is 0 Å². The number of hydrogen-bond donors (Lipinski definition) is 0. The molecule has 0 fully saturated rings. The summed E-state index contributed by atoms with van der Waals surface area (Å²) in [4.78, 5) is 11.6. The third-order valence-electron chi connectivity index (χ3n) is 2.29. The third-order valence-corrected chi connectivity index (χ3v) is 3.02. The lowest BCUT2D eigenvalue weighted by atomic mass is 10.1.